The Balaban J connectivity index is 1.18. The number of piperazine rings is 1. The van der Waals surface area contributed by atoms with E-state index in [1.54, 1.807) is 47.4 Å². The molecule has 0 aliphatic carbocycles. The Morgan fingerprint density at radius 2 is 1.38 bits per heavy atom. The molecule has 0 radical (unpaired) electrons. The summed E-state index contributed by atoms with van der Waals surface area (Å²) in [5.41, 5.74) is 13.6. The van der Waals surface area contributed by atoms with Crippen LogP contribution in [0.3, 0.4) is 0 Å². The summed E-state index contributed by atoms with van der Waals surface area (Å²) in [5, 5.41) is 7.09. The number of hydrogen-bond donors (Lipinski definition) is 4. The molecule has 4 aromatic carbocycles. The lowest BCUT2D eigenvalue weighted by Crippen LogP contribution is -2.57. The maximum Gasteiger partial charge on any atom is 0.338 e. The fraction of sp³-hybridized carbons (Fsp3) is 0.268. The number of benzene rings is 4. The number of nitrogens with zero attached hydrogens (tertiary/aromatic N) is 3. The molecule has 55 heavy (non-hydrogen) atoms. The summed E-state index contributed by atoms with van der Waals surface area (Å²) >= 11 is 0. The van der Waals surface area contributed by atoms with E-state index in [-0.39, 0.29) is 29.9 Å². The molecule has 1 aliphatic rings. The Labute approximate surface area is 322 Å². The first-order valence-corrected chi connectivity index (χ1v) is 19.6. The minimum absolute atomic E-state index is 0.0757. The monoisotopic (exact) mass is 765 g/mol. The normalized spacial score (nSPS) is 14.4. The number of aryl methyl sites for hydroxylation is 1. The number of ether oxygens (including phenoxy) is 1. The number of sulfone groups is 1. The average molecular weight is 766 g/mol. The van der Waals surface area contributed by atoms with Gasteiger partial charge in [-0.25, -0.2) is 23.0 Å². The van der Waals surface area contributed by atoms with Gasteiger partial charge in [-0.2, -0.15) is 0 Å². The molecule has 288 valence electrons. The van der Waals surface area contributed by atoms with Gasteiger partial charge in [0.2, 0.25) is 5.91 Å². The SMILES string of the molecule is NC(N)=Nc1ccc(C(=O)OCCN2CCN(C(=O)N[C@@H](Cc3ccccc3)C(=O)N[C@H](/C=C/S(=O)(=O)c3ccccc3)CCc3ccccc3)CC2)cc1. The molecule has 1 heterocycles. The van der Waals surface area contributed by atoms with E-state index in [1.165, 1.54) is 18.2 Å². The van der Waals surface area contributed by atoms with Gasteiger partial charge in [0.15, 0.2) is 15.8 Å². The molecular formula is C41H47N7O6S. The van der Waals surface area contributed by atoms with Crippen molar-refractivity contribution in [2.45, 2.75) is 36.2 Å². The first-order valence-electron chi connectivity index (χ1n) is 18.1. The van der Waals surface area contributed by atoms with E-state index in [1.807, 2.05) is 60.7 Å². The Morgan fingerprint density at radius 3 is 2.00 bits per heavy atom. The van der Waals surface area contributed by atoms with Crippen LogP contribution in [0.5, 0.6) is 0 Å². The quantitative estimate of drug-likeness (QED) is 0.0748. The largest absolute Gasteiger partial charge is 0.461 e. The smallest absolute Gasteiger partial charge is 0.338 e. The summed E-state index contributed by atoms with van der Waals surface area (Å²) in [4.78, 5) is 47.9. The van der Waals surface area contributed by atoms with Gasteiger partial charge in [-0.3, -0.25) is 9.69 Å². The third-order valence-electron chi connectivity index (χ3n) is 9.03. The number of hydrogen-bond acceptors (Lipinski definition) is 8. The summed E-state index contributed by atoms with van der Waals surface area (Å²) in [6, 6.07) is 31.7. The Morgan fingerprint density at radius 1 is 0.782 bits per heavy atom. The average Bonchev–Trinajstić information content (AvgIpc) is 3.20. The zero-order valence-corrected chi connectivity index (χ0v) is 31.3. The van der Waals surface area contributed by atoms with Crippen molar-refractivity contribution in [1.29, 1.82) is 0 Å². The second-order valence-electron chi connectivity index (χ2n) is 13.1. The van der Waals surface area contributed by atoms with Crippen LogP contribution in [0.2, 0.25) is 0 Å². The second-order valence-corrected chi connectivity index (χ2v) is 14.9. The molecule has 0 aromatic heterocycles. The summed E-state index contributed by atoms with van der Waals surface area (Å²) in [6.45, 7) is 2.58. The molecule has 4 aromatic rings. The first-order chi connectivity index (χ1) is 26.6. The Hall–Kier alpha value is -5.99. The summed E-state index contributed by atoms with van der Waals surface area (Å²) in [6.07, 6.45) is 2.77. The molecule has 6 N–H and O–H groups in total. The number of aliphatic imine (C=N–C) groups is 1. The highest BCUT2D eigenvalue weighted by Gasteiger charge is 2.28. The Bertz CT molecular complexity index is 2020. The molecule has 0 bridgehead atoms. The van der Waals surface area contributed by atoms with Crippen LogP contribution >= 0.6 is 0 Å². The lowest BCUT2D eigenvalue weighted by atomic mass is 10.0. The van der Waals surface area contributed by atoms with Crippen LogP contribution in [0.1, 0.15) is 27.9 Å². The fourth-order valence-electron chi connectivity index (χ4n) is 6.00. The third kappa shape index (κ3) is 12.8. The topological polar surface area (TPSA) is 190 Å². The van der Waals surface area contributed by atoms with Gasteiger partial charge in [0.25, 0.3) is 0 Å². The van der Waals surface area contributed by atoms with Crippen LogP contribution in [0.15, 0.2) is 137 Å². The number of urea groups is 1. The van der Waals surface area contributed by atoms with Crippen molar-refractivity contribution in [2.24, 2.45) is 16.5 Å². The van der Waals surface area contributed by atoms with E-state index in [9.17, 15) is 22.8 Å². The number of guanidine groups is 1. The van der Waals surface area contributed by atoms with Crippen LogP contribution in [0.4, 0.5) is 10.5 Å². The molecule has 1 aliphatic heterocycles. The third-order valence-corrected chi connectivity index (χ3v) is 10.5. The molecular weight excluding hydrogens is 719 g/mol. The highest BCUT2D eigenvalue weighted by atomic mass is 32.2. The predicted octanol–water partition coefficient (Wildman–Crippen LogP) is 3.79. The first kappa shape index (κ1) is 40.2. The van der Waals surface area contributed by atoms with E-state index in [4.69, 9.17) is 16.2 Å². The molecule has 13 nitrogen and oxygen atoms in total. The van der Waals surface area contributed by atoms with Crippen LogP contribution < -0.4 is 22.1 Å². The lowest BCUT2D eigenvalue weighted by Gasteiger charge is -2.35. The molecule has 3 amide bonds. The number of esters is 1. The fourth-order valence-corrected chi connectivity index (χ4v) is 7.09. The van der Waals surface area contributed by atoms with Crippen molar-refractivity contribution in [3.8, 4) is 0 Å². The number of amides is 3. The molecule has 2 atom stereocenters. The van der Waals surface area contributed by atoms with Crippen molar-refractivity contribution in [3.63, 3.8) is 0 Å². The summed E-state index contributed by atoms with van der Waals surface area (Å²) in [5.74, 6) is -0.968. The second kappa shape index (κ2) is 19.9. The minimum Gasteiger partial charge on any atom is -0.461 e. The summed E-state index contributed by atoms with van der Waals surface area (Å²) < 4.78 is 31.7. The van der Waals surface area contributed by atoms with Crippen molar-refractivity contribution in [1.82, 2.24) is 20.4 Å². The van der Waals surface area contributed by atoms with Gasteiger partial charge in [0, 0.05) is 50.6 Å². The van der Waals surface area contributed by atoms with Crippen LogP contribution in [-0.2, 0) is 32.2 Å². The highest BCUT2D eigenvalue weighted by molar-refractivity contribution is 7.94. The zero-order chi connectivity index (χ0) is 39.0. The van der Waals surface area contributed by atoms with Gasteiger partial charge < -0.3 is 31.7 Å². The van der Waals surface area contributed by atoms with Crippen molar-refractivity contribution >= 4 is 39.4 Å². The van der Waals surface area contributed by atoms with Gasteiger partial charge >= 0.3 is 12.0 Å². The van der Waals surface area contributed by atoms with Gasteiger partial charge in [-0.05, 0) is 60.4 Å². The zero-order valence-electron chi connectivity index (χ0n) is 30.5. The molecule has 0 spiro atoms. The molecule has 0 unspecified atom stereocenters. The predicted molar refractivity (Wildman–Crippen MR) is 212 cm³/mol. The number of nitrogens with one attached hydrogen (secondary N) is 2. The van der Waals surface area contributed by atoms with E-state index in [0.717, 1.165) is 16.5 Å². The molecule has 0 saturated carbocycles. The molecule has 1 fully saturated rings. The maximum atomic E-state index is 14.0. The van der Waals surface area contributed by atoms with E-state index < -0.39 is 33.8 Å². The standard InChI is InChI=1S/C41H47N7O6S/c42-40(43)45-34-20-17-33(18-21-34)39(50)54-28-27-47-23-25-48(26-24-47)41(51)46-37(30-32-12-6-2-7-13-32)38(49)44-35(19-16-31-10-4-1-5-11-31)22-29-55(52,53)36-14-8-3-9-15-36/h1-15,17-18,20-22,29,35,37H,16,19,23-28,30H2,(H,44,49)(H,46,51)(H4,42,43,45)/b29-22+/t35-,37-/m0/s1. The number of rotatable bonds is 16. The van der Waals surface area contributed by atoms with Crippen LogP contribution in [-0.4, -0.2) is 93.5 Å². The van der Waals surface area contributed by atoms with Crippen molar-refractivity contribution in [2.75, 3.05) is 39.3 Å². The van der Waals surface area contributed by atoms with Crippen molar-refractivity contribution in [3.05, 3.63) is 143 Å². The van der Waals surface area contributed by atoms with E-state index in [0.29, 0.717) is 56.8 Å². The Kier molecular flexibility index (Phi) is 14.5. The molecule has 14 heteroatoms. The summed E-state index contributed by atoms with van der Waals surface area (Å²) in [7, 11) is -3.76. The van der Waals surface area contributed by atoms with Gasteiger partial charge in [0.05, 0.1) is 16.1 Å². The number of carbonyl (C=O) groups excluding carboxylic acids is 3. The molecule has 5 rings (SSSR count). The van der Waals surface area contributed by atoms with Crippen molar-refractivity contribution < 1.29 is 27.5 Å². The van der Waals surface area contributed by atoms with Gasteiger partial charge in [-0.15, -0.1) is 0 Å². The minimum atomic E-state index is -3.76. The highest BCUT2D eigenvalue weighted by Crippen LogP contribution is 2.16. The number of carbonyl (C=O) groups is 3. The van der Waals surface area contributed by atoms with Gasteiger partial charge in [0.1, 0.15) is 12.6 Å². The van der Waals surface area contributed by atoms with Crippen LogP contribution in [0.25, 0.3) is 0 Å². The van der Waals surface area contributed by atoms with E-state index in [2.05, 4.69) is 20.5 Å². The lowest BCUT2D eigenvalue weighted by molar-refractivity contribution is -0.123. The van der Waals surface area contributed by atoms with Gasteiger partial charge in [-0.1, -0.05) is 84.9 Å². The molecule has 1 saturated heterocycles. The van der Waals surface area contributed by atoms with E-state index >= 15 is 0 Å². The number of nitrogens with two attached hydrogens (primary N) is 2. The maximum absolute atomic E-state index is 14.0. The van der Waals surface area contributed by atoms with Crippen LogP contribution in [0, 0.1) is 0 Å².